The highest BCUT2D eigenvalue weighted by Crippen LogP contribution is 2.23. The first-order valence-electron chi connectivity index (χ1n) is 7.40. The number of rotatable bonds is 8. The van der Waals surface area contributed by atoms with Gasteiger partial charge in [-0.3, -0.25) is 14.9 Å². The number of nitro benzene ring substituents is 1. The molecule has 0 aliphatic carbocycles. The van der Waals surface area contributed by atoms with Gasteiger partial charge >= 0.3 is 0 Å². The quantitative estimate of drug-likeness (QED) is 0.502. The molecule has 24 heavy (non-hydrogen) atoms. The smallest absolute Gasteiger partial charge is 0.292 e. The average molecular weight is 333 g/mol. The molecular weight excluding hydrogens is 314 g/mol. The molecule has 0 fully saturated rings. The molecule has 2 aromatic rings. The summed E-state index contributed by atoms with van der Waals surface area (Å²) in [5.41, 5.74) is -0.985. The van der Waals surface area contributed by atoms with E-state index in [4.69, 9.17) is 4.42 Å². The summed E-state index contributed by atoms with van der Waals surface area (Å²) in [4.78, 5) is 22.3. The lowest BCUT2D eigenvalue weighted by Crippen LogP contribution is -2.38. The van der Waals surface area contributed by atoms with Gasteiger partial charge in [0.15, 0.2) is 0 Å². The molecular formula is C16H19N3O5. The van der Waals surface area contributed by atoms with Crippen LogP contribution >= 0.6 is 0 Å². The van der Waals surface area contributed by atoms with Crippen LogP contribution in [0, 0.1) is 10.1 Å². The number of furan rings is 1. The van der Waals surface area contributed by atoms with Crippen molar-refractivity contribution in [2.75, 3.05) is 18.4 Å². The number of amides is 1. The van der Waals surface area contributed by atoms with Gasteiger partial charge in [0.2, 0.25) is 5.91 Å². The van der Waals surface area contributed by atoms with Gasteiger partial charge in [0, 0.05) is 19.0 Å². The van der Waals surface area contributed by atoms with Gasteiger partial charge in [0.1, 0.15) is 17.0 Å². The van der Waals surface area contributed by atoms with E-state index < -0.39 is 10.5 Å². The Morgan fingerprint density at radius 1 is 1.33 bits per heavy atom. The molecule has 1 aromatic heterocycles. The van der Waals surface area contributed by atoms with E-state index in [2.05, 4.69) is 10.6 Å². The van der Waals surface area contributed by atoms with Crippen LogP contribution in [0.15, 0.2) is 47.1 Å². The first-order chi connectivity index (χ1) is 11.4. The van der Waals surface area contributed by atoms with Gasteiger partial charge in [-0.25, -0.2) is 0 Å². The Morgan fingerprint density at radius 3 is 2.75 bits per heavy atom. The molecule has 0 saturated heterocycles. The van der Waals surface area contributed by atoms with Crippen molar-refractivity contribution in [2.24, 2.45) is 0 Å². The first-order valence-corrected chi connectivity index (χ1v) is 7.40. The van der Waals surface area contributed by atoms with E-state index >= 15 is 0 Å². The van der Waals surface area contributed by atoms with Gasteiger partial charge in [0.05, 0.1) is 17.7 Å². The van der Waals surface area contributed by atoms with Crippen molar-refractivity contribution in [2.45, 2.75) is 18.9 Å². The number of anilines is 1. The zero-order valence-electron chi connectivity index (χ0n) is 13.2. The van der Waals surface area contributed by atoms with Crippen molar-refractivity contribution < 1.29 is 19.2 Å². The summed E-state index contributed by atoms with van der Waals surface area (Å²) < 4.78 is 5.13. The third-order valence-electron chi connectivity index (χ3n) is 3.45. The summed E-state index contributed by atoms with van der Waals surface area (Å²) in [5.74, 6) is 0.0775. The van der Waals surface area contributed by atoms with Crippen LogP contribution < -0.4 is 10.6 Å². The van der Waals surface area contributed by atoms with E-state index in [1.807, 2.05) is 0 Å². The summed E-state index contributed by atoms with van der Waals surface area (Å²) in [6.07, 6.45) is 1.56. The minimum atomic E-state index is -1.30. The van der Waals surface area contributed by atoms with Crippen LogP contribution in [0.1, 0.15) is 19.1 Å². The maximum Gasteiger partial charge on any atom is 0.292 e. The second kappa shape index (κ2) is 7.60. The molecule has 0 saturated carbocycles. The molecule has 0 aliphatic heterocycles. The highest BCUT2D eigenvalue weighted by molar-refractivity contribution is 5.76. The summed E-state index contributed by atoms with van der Waals surface area (Å²) in [6, 6.07) is 9.51. The van der Waals surface area contributed by atoms with Crippen LogP contribution in [0.2, 0.25) is 0 Å². The summed E-state index contributed by atoms with van der Waals surface area (Å²) in [7, 11) is 0. The normalized spacial score (nSPS) is 13.1. The van der Waals surface area contributed by atoms with Gasteiger partial charge in [-0.15, -0.1) is 0 Å². The number of carbonyl (C=O) groups excluding carboxylic acids is 1. The standard InChI is InChI=1S/C16H19N3O5/c1-16(21,14-7-4-10-24-14)11-18-15(20)8-9-17-12-5-2-3-6-13(12)19(22)23/h2-7,10,17,21H,8-9,11H2,1H3,(H,18,20). The molecule has 8 nitrogen and oxygen atoms in total. The third-order valence-corrected chi connectivity index (χ3v) is 3.45. The number of hydrogen-bond acceptors (Lipinski definition) is 6. The minimum Gasteiger partial charge on any atom is -0.466 e. The molecule has 1 amide bonds. The lowest BCUT2D eigenvalue weighted by atomic mass is 10.0. The van der Waals surface area contributed by atoms with Gasteiger partial charge < -0.3 is 20.2 Å². The second-order valence-corrected chi connectivity index (χ2v) is 5.48. The minimum absolute atomic E-state index is 0.00479. The van der Waals surface area contributed by atoms with E-state index in [9.17, 15) is 20.0 Å². The molecule has 8 heteroatoms. The largest absolute Gasteiger partial charge is 0.466 e. The van der Waals surface area contributed by atoms with E-state index in [-0.39, 0.29) is 31.1 Å². The van der Waals surface area contributed by atoms with E-state index in [0.717, 1.165) is 0 Å². The fraction of sp³-hybridized carbons (Fsp3) is 0.312. The number of benzene rings is 1. The van der Waals surface area contributed by atoms with Crippen molar-refractivity contribution in [3.8, 4) is 0 Å². The van der Waals surface area contributed by atoms with Crippen LogP contribution in [0.4, 0.5) is 11.4 Å². The average Bonchev–Trinajstić information content (AvgIpc) is 3.09. The van der Waals surface area contributed by atoms with Crippen LogP contribution in [-0.2, 0) is 10.4 Å². The highest BCUT2D eigenvalue weighted by Gasteiger charge is 2.26. The fourth-order valence-corrected chi connectivity index (χ4v) is 2.12. The Balaban J connectivity index is 1.79. The van der Waals surface area contributed by atoms with Crippen molar-refractivity contribution in [3.63, 3.8) is 0 Å². The lowest BCUT2D eigenvalue weighted by molar-refractivity contribution is -0.384. The summed E-state index contributed by atoms with van der Waals surface area (Å²) in [6.45, 7) is 1.78. The van der Waals surface area contributed by atoms with Crippen molar-refractivity contribution in [3.05, 3.63) is 58.5 Å². The molecule has 128 valence electrons. The van der Waals surface area contributed by atoms with Crippen molar-refractivity contribution in [1.29, 1.82) is 0 Å². The number of hydrogen-bond donors (Lipinski definition) is 3. The Morgan fingerprint density at radius 2 is 2.08 bits per heavy atom. The third kappa shape index (κ3) is 4.56. The molecule has 1 atom stereocenters. The topological polar surface area (TPSA) is 118 Å². The van der Waals surface area contributed by atoms with Gasteiger partial charge in [-0.1, -0.05) is 12.1 Å². The summed E-state index contributed by atoms with van der Waals surface area (Å²) >= 11 is 0. The molecule has 2 rings (SSSR count). The summed E-state index contributed by atoms with van der Waals surface area (Å²) in [5, 5.41) is 26.6. The monoisotopic (exact) mass is 333 g/mol. The number of nitro groups is 1. The molecule has 1 unspecified atom stereocenters. The predicted molar refractivity (Wildman–Crippen MR) is 87.5 cm³/mol. The number of nitrogens with one attached hydrogen (secondary N) is 2. The molecule has 1 aromatic carbocycles. The van der Waals surface area contributed by atoms with Gasteiger partial charge in [-0.05, 0) is 25.1 Å². The molecule has 1 heterocycles. The maximum absolute atomic E-state index is 11.8. The van der Waals surface area contributed by atoms with E-state index in [1.54, 1.807) is 30.3 Å². The Hall–Kier alpha value is -2.87. The van der Waals surface area contributed by atoms with Gasteiger partial charge in [-0.2, -0.15) is 0 Å². The zero-order valence-corrected chi connectivity index (χ0v) is 13.2. The van der Waals surface area contributed by atoms with Crippen LogP contribution in [0.3, 0.4) is 0 Å². The highest BCUT2D eigenvalue weighted by atomic mass is 16.6. The Kier molecular flexibility index (Phi) is 5.54. The van der Waals surface area contributed by atoms with Gasteiger partial charge in [0.25, 0.3) is 5.69 Å². The van der Waals surface area contributed by atoms with Crippen LogP contribution in [0.5, 0.6) is 0 Å². The number of aliphatic hydroxyl groups is 1. The number of nitrogens with zero attached hydrogens (tertiary/aromatic N) is 1. The SMILES string of the molecule is CC(O)(CNC(=O)CCNc1ccccc1[N+](=O)[O-])c1ccco1. The zero-order chi connectivity index (χ0) is 17.6. The van der Waals surface area contributed by atoms with E-state index in [1.165, 1.54) is 19.3 Å². The first kappa shape index (κ1) is 17.5. The maximum atomic E-state index is 11.8. The molecule has 3 N–H and O–H groups in total. The molecule has 0 aliphatic rings. The van der Waals surface area contributed by atoms with Crippen LogP contribution in [0.25, 0.3) is 0 Å². The van der Waals surface area contributed by atoms with Crippen molar-refractivity contribution in [1.82, 2.24) is 5.32 Å². The van der Waals surface area contributed by atoms with E-state index in [0.29, 0.717) is 11.4 Å². The van der Waals surface area contributed by atoms with Crippen LogP contribution in [-0.4, -0.2) is 29.0 Å². The molecule has 0 spiro atoms. The van der Waals surface area contributed by atoms with Crippen molar-refractivity contribution >= 4 is 17.3 Å². The Bertz CT molecular complexity index is 697. The predicted octanol–water partition coefficient (Wildman–Crippen LogP) is 2.01. The lowest BCUT2D eigenvalue weighted by Gasteiger charge is -2.21. The molecule has 0 bridgehead atoms. The second-order valence-electron chi connectivity index (χ2n) is 5.48. The number of carbonyl (C=O) groups is 1. The fourth-order valence-electron chi connectivity index (χ4n) is 2.12. The molecule has 0 radical (unpaired) electrons. The Labute approximate surface area is 138 Å². The number of para-hydroxylation sites is 2.